The van der Waals surface area contributed by atoms with Gasteiger partial charge in [0.15, 0.2) is 0 Å². The highest BCUT2D eigenvalue weighted by Gasteiger charge is 2.10. The molecule has 0 atom stereocenters. The molecule has 116 valence electrons. The predicted octanol–water partition coefficient (Wildman–Crippen LogP) is 1.41. The van der Waals surface area contributed by atoms with Crippen LogP contribution in [0.2, 0.25) is 5.02 Å². The summed E-state index contributed by atoms with van der Waals surface area (Å²) in [6.07, 6.45) is 0.900. The second kappa shape index (κ2) is 9.37. The fourth-order valence-corrected chi connectivity index (χ4v) is 1.85. The molecular weight excluding hydrogens is 290 g/mol. The zero-order chi connectivity index (χ0) is 15.7. The Kier molecular flexibility index (Phi) is 7.79. The quantitative estimate of drug-likeness (QED) is 0.763. The Morgan fingerprint density at radius 1 is 1.10 bits per heavy atom. The number of nitrogens with zero attached hydrogens (tertiary/aromatic N) is 1. The first kappa shape index (κ1) is 17.5. The molecule has 0 aliphatic carbocycles. The highest BCUT2D eigenvalue weighted by molar-refractivity contribution is 6.30. The first-order valence-electron chi connectivity index (χ1n) is 6.97. The van der Waals surface area contributed by atoms with E-state index in [0.717, 1.165) is 12.0 Å². The van der Waals surface area contributed by atoms with Gasteiger partial charge in [-0.3, -0.25) is 14.5 Å². The van der Waals surface area contributed by atoms with Crippen LogP contribution in [0.3, 0.4) is 0 Å². The molecular formula is C15H22ClN3O2. The van der Waals surface area contributed by atoms with Gasteiger partial charge in [0, 0.05) is 18.1 Å². The van der Waals surface area contributed by atoms with E-state index in [1.54, 1.807) is 24.1 Å². The SMILES string of the molecule is CCCNC(=O)CN(C)CC(=O)NCc1ccc(Cl)cc1. The number of nitrogens with one attached hydrogen (secondary N) is 2. The minimum atomic E-state index is -0.115. The number of hydrogen-bond donors (Lipinski definition) is 2. The van der Waals surface area contributed by atoms with Crippen LogP contribution in [-0.4, -0.2) is 43.4 Å². The van der Waals surface area contributed by atoms with E-state index >= 15 is 0 Å². The summed E-state index contributed by atoms with van der Waals surface area (Å²) in [6.45, 7) is 3.51. The summed E-state index contributed by atoms with van der Waals surface area (Å²) in [7, 11) is 1.74. The molecule has 1 rings (SSSR count). The van der Waals surface area contributed by atoms with Crippen LogP contribution in [-0.2, 0) is 16.1 Å². The monoisotopic (exact) mass is 311 g/mol. The molecule has 2 amide bonds. The van der Waals surface area contributed by atoms with Crippen LogP contribution in [0.15, 0.2) is 24.3 Å². The third-order valence-corrected chi connectivity index (χ3v) is 3.05. The van der Waals surface area contributed by atoms with Crippen molar-refractivity contribution < 1.29 is 9.59 Å². The first-order chi connectivity index (χ1) is 10.0. The van der Waals surface area contributed by atoms with Crippen molar-refractivity contribution in [3.63, 3.8) is 0 Å². The fraction of sp³-hybridized carbons (Fsp3) is 0.467. The number of hydrogen-bond acceptors (Lipinski definition) is 3. The van der Waals surface area contributed by atoms with Crippen molar-refractivity contribution in [2.24, 2.45) is 0 Å². The van der Waals surface area contributed by atoms with Crippen LogP contribution < -0.4 is 10.6 Å². The molecule has 2 N–H and O–H groups in total. The predicted molar refractivity (Wildman–Crippen MR) is 84.1 cm³/mol. The van der Waals surface area contributed by atoms with E-state index in [2.05, 4.69) is 10.6 Å². The van der Waals surface area contributed by atoms with Gasteiger partial charge in [0.1, 0.15) is 0 Å². The molecule has 0 spiro atoms. The normalized spacial score (nSPS) is 10.5. The number of rotatable bonds is 8. The molecule has 0 aromatic heterocycles. The average Bonchev–Trinajstić information content (AvgIpc) is 2.44. The van der Waals surface area contributed by atoms with E-state index in [9.17, 15) is 9.59 Å². The molecule has 0 radical (unpaired) electrons. The Bertz CT molecular complexity index is 462. The van der Waals surface area contributed by atoms with Gasteiger partial charge in [-0.25, -0.2) is 0 Å². The van der Waals surface area contributed by atoms with Gasteiger partial charge in [-0.05, 0) is 31.2 Å². The Morgan fingerprint density at radius 3 is 2.24 bits per heavy atom. The highest BCUT2D eigenvalue weighted by Crippen LogP contribution is 2.08. The first-order valence-corrected chi connectivity index (χ1v) is 7.35. The maximum atomic E-state index is 11.8. The lowest BCUT2D eigenvalue weighted by Crippen LogP contribution is -2.40. The molecule has 6 heteroatoms. The number of amides is 2. The molecule has 0 unspecified atom stereocenters. The van der Waals surface area contributed by atoms with Gasteiger partial charge in [-0.1, -0.05) is 30.7 Å². The standard InChI is InChI=1S/C15H22ClN3O2/c1-3-8-17-14(20)10-19(2)11-15(21)18-9-12-4-6-13(16)7-5-12/h4-7H,3,8-11H2,1-2H3,(H,17,20)(H,18,21). The van der Waals surface area contributed by atoms with Crippen LogP contribution >= 0.6 is 11.6 Å². The summed E-state index contributed by atoms with van der Waals surface area (Å²) in [5, 5.41) is 6.25. The van der Waals surface area contributed by atoms with Crippen molar-refractivity contribution in [2.75, 3.05) is 26.7 Å². The summed E-state index contributed by atoms with van der Waals surface area (Å²) in [4.78, 5) is 25.0. The lowest BCUT2D eigenvalue weighted by molar-refractivity contribution is -0.124. The van der Waals surface area contributed by atoms with Crippen LogP contribution in [0.4, 0.5) is 0 Å². The van der Waals surface area contributed by atoms with Gasteiger partial charge >= 0.3 is 0 Å². The summed E-state index contributed by atoms with van der Waals surface area (Å²) in [5.74, 6) is -0.180. The van der Waals surface area contributed by atoms with E-state index < -0.39 is 0 Å². The molecule has 0 saturated heterocycles. The van der Waals surface area contributed by atoms with E-state index in [1.807, 2.05) is 19.1 Å². The van der Waals surface area contributed by atoms with Crippen molar-refractivity contribution in [3.05, 3.63) is 34.9 Å². The summed E-state index contributed by atoms with van der Waals surface area (Å²) < 4.78 is 0. The fourth-order valence-electron chi connectivity index (χ4n) is 1.73. The van der Waals surface area contributed by atoms with Crippen molar-refractivity contribution in [1.29, 1.82) is 0 Å². The lowest BCUT2D eigenvalue weighted by atomic mass is 10.2. The zero-order valence-corrected chi connectivity index (χ0v) is 13.2. The third-order valence-electron chi connectivity index (χ3n) is 2.80. The molecule has 0 aliphatic rings. The minimum absolute atomic E-state index is 0.0650. The second-order valence-electron chi connectivity index (χ2n) is 4.93. The van der Waals surface area contributed by atoms with E-state index in [-0.39, 0.29) is 24.9 Å². The van der Waals surface area contributed by atoms with Gasteiger partial charge < -0.3 is 10.6 Å². The van der Waals surface area contributed by atoms with Gasteiger partial charge in [-0.2, -0.15) is 0 Å². The van der Waals surface area contributed by atoms with Gasteiger partial charge in [0.05, 0.1) is 13.1 Å². The Morgan fingerprint density at radius 2 is 1.67 bits per heavy atom. The molecule has 5 nitrogen and oxygen atoms in total. The Balaban J connectivity index is 2.26. The van der Waals surface area contributed by atoms with Crippen molar-refractivity contribution in [2.45, 2.75) is 19.9 Å². The molecule has 0 bridgehead atoms. The third kappa shape index (κ3) is 7.68. The second-order valence-corrected chi connectivity index (χ2v) is 5.36. The summed E-state index contributed by atoms with van der Waals surface area (Å²) in [6, 6.07) is 7.30. The smallest absolute Gasteiger partial charge is 0.234 e. The van der Waals surface area contributed by atoms with Gasteiger partial charge in [-0.15, -0.1) is 0 Å². The molecule has 21 heavy (non-hydrogen) atoms. The largest absolute Gasteiger partial charge is 0.355 e. The van der Waals surface area contributed by atoms with Crippen LogP contribution in [0.5, 0.6) is 0 Å². The number of likely N-dealkylation sites (N-methyl/N-ethyl adjacent to an activating group) is 1. The Labute approximate surface area is 130 Å². The minimum Gasteiger partial charge on any atom is -0.355 e. The molecule has 1 aromatic carbocycles. The van der Waals surface area contributed by atoms with E-state index in [4.69, 9.17) is 11.6 Å². The van der Waals surface area contributed by atoms with Crippen LogP contribution in [0.1, 0.15) is 18.9 Å². The van der Waals surface area contributed by atoms with Crippen molar-refractivity contribution in [3.8, 4) is 0 Å². The number of carbonyl (C=O) groups is 2. The number of halogens is 1. The van der Waals surface area contributed by atoms with E-state index in [1.165, 1.54) is 0 Å². The number of carbonyl (C=O) groups excluding carboxylic acids is 2. The lowest BCUT2D eigenvalue weighted by Gasteiger charge is -2.15. The topological polar surface area (TPSA) is 61.4 Å². The zero-order valence-electron chi connectivity index (χ0n) is 12.5. The summed E-state index contributed by atoms with van der Waals surface area (Å²) >= 11 is 5.80. The Hall–Kier alpha value is -1.59. The van der Waals surface area contributed by atoms with Gasteiger partial charge in [0.25, 0.3) is 0 Å². The molecule has 0 aliphatic heterocycles. The highest BCUT2D eigenvalue weighted by atomic mass is 35.5. The maximum Gasteiger partial charge on any atom is 0.234 e. The van der Waals surface area contributed by atoms with Gasteiger partial charge in [0.2, 0.25) is 11.8 Å². The molecule has 0 saturated carbocycles. The van der Waals surface area contributed by atoms with E-state index in [0.29, 0.717) is 18.1 Å². The average molecular weight is 312 g/mol. The maximum absolute atomic E-state index is 11.8. The summed E-state index contributed by atoms with van der Waals surface area (Å²) in [5.41, 5.74) is 0.982. The molecule has 0 heterocycles. The molecule has 0 fully saturated rings. The number of benzene rings is 1. The van der Waals surface area contributed by atoms with Crippen molar-refractivity contribution >= 4 is 23.4 Å². The van der Waals surface area contributed by atoms with Crippen molar-refractivity contribution in [1.82, 2.24) is 15.5 Å². The van der Waals surface area contributed by atoms with Crippen LogP contribution in [0, 0.1) is 0 Å². The van der Waals surface area contributed by atoms with Crippen LogP contribution in [0.25, 0.3) is 0 Å². The molecule has 1 aromatic rings.